The molecule has 1 saturated heterocycles. The number of hydrogen-bond donors (Lipinski definition) is 0. The highest BCUT2D eigenvalue weighted by Gasteiger charge is 2.68. The van der Waals surface area contributed by atoms with E-state index in [1.54, 1.807) is 0 Å². The molecule has 2 bridgehead atoms. The fourth-order valence-corrected chi connectivity index (χ4v) is 3.72. The zero-order valence-corrected chi connectivity index (χ0v) is 9.58. The molecule has 0 amide bonds. The zero-order valence-electron chi connectivity index (χ0n) is 7.99. The van der Waals surface area contributed by atoms with Crippen molar-refractivity contribution in [3.8, 4) is 0 Å². The van der Waals surface area contributed by atoms with Gasteiger partial charge in [-0.05, 0) is 17.8 Å². The van der Waals surface area contributed by atoms with E-state index in [1.807, 2.05) is 0 Å². The summed E-state index contributed by atoms with van der Waals surface area (Å²) in [5.41, 5.74) is 0.711. The summed E-state index contributed by atoms with van der Waals surface area (Å²) < 4.78 is 11.4. The van der Waals surface area contributed by atoms with E-state index in [-0.39, 0.29) is 18.2 Å². The van der Waals surface area contributed by atoms with E-state index in [0.29, 0.717) is 23.3 Å². The van der Waals surface area contributed by atoms with Crippen molar-refractivity contribution in [3.63, 3.8) is 0 Å². The standard InChI is InChI=1S/C10H11BrO3/c1-3-4-5(3)9-7(11)6(8(4)14-9)10(12)13-2/h3-5,8-9H,1-2H3/t3-,4?,5-,8+,9-/m0/s1. The van der Waals surface area contributed by atoms with Crippen LogP contribution in [0, 0.1) is 17.8 Å². The smallest absolute Gasteiger partial charge is 0.337 e. The minimum atomic E-state index is -0.248. The average Bonchev–Trinajstić information content (AvgIpc) is 2.60. The monoisotopic (exact) mass is 258 g/mol. The van der Waals surface area contributed by atoms with E-state index in [2.05, 4.69) is 22.9 Å². The number of carbonyl (C=O) groups excluding carboxylic acids is 1. The van der Waals surface area contributed by atoms with Crippen LogP contribution < -0.4 is 0 Å². The molecule has 14 heavy (non-hydrogen) atoms. The van der Waals surface area contributed by atoms with Gasteiger partial charge in [0, 0.05) is 4.48 Å². The lowest BCUT2D eigenvalue weighted by atomic mass is 9.99. The van der Waals surface area contributed by atoms with Crippen LogP contribution in [0.4, 0.5) is 0 Å². The first-order chi connectivity index (χ1) is 6.66. The topological polar surface area (TPSA) is 35.5 Å². The van der Waals surface area contributed by atoms with Crippen LogP contribution in [-0.4, -0.2) is 25.3 Å². The van der Waals surface area contributed by atoms with Crippen LogP contribution in [0.2, 0.25) is 0 Å². The highest BCUT2D eigenvalue weighted by Crippen LogP contribution is 2.65. The predicted molar refractivity (Wildman–Crippen MR) is 52.8 cm³/mol. The SMILES string of the molecule is COC(=O)C1=C(Br)[C@H]2O[C@@H]1C1[C@@H]2[C@H]1C. The van der Waals surface area contributed by atoms with Gasteiger partial charge in [-0.2, -0.15) is 0 Å². The maximum atomic E-state index is 11.5. The molecule has 0 aromatic heterocycles. The first-order valence-corrected chi connectivity index (χ1v) is 5.59. The Labute approximate surface area is 90.6 Å². The number of halogens is 1. The number of fused-ring (bicyclic) bond motifs is 5. The van der Waals surface area contributed by atoms with Gasteiger partial charge >= 0.3 is 5.97 Å². The molecule has 1 aliphatic carbocycles. The minimum Gasteiger partial charge on any atom is -0.466 e. The maximum Gasteiger partial charge on any atom is 0.337 e. The van der Waals surface area contributed by atoms with Gasteiger partial charge in [0.25, 0.3) is 0 Å². The maximum absolute atomic E-state index is 11.5. The number of rotatable bonds is 1. The van der Waals surface area contributed by atoms with Crippen molar-refractivity contribution < 1.29 is 14.3 Å². The molecule has 0 N–H and O–H groups in total. The molecule has 3 rings (SSSR count). The normalized spacial score (nSPS) is 48.1. The van der Waals surface area contributed by atoms with Gasteiger partial charge in [0.1, 0.15) is 0 Å². The van der Waals surface area contributed by atoms with E-state index in [9.17, 15) is 4.79 Å². The van der Waals surface area contributed by atoms with Crippen LogP contribution in [0.25, 0.3) is 0 Å². The number of carbonyl (C=O) groups is 1. The molecule has 4 heteroatoms. The second kappa shape index (κ2) is 2.61. The van der Waals surface area contributed by atoms with Crippen molar-refractivity contribution in [1.29, 1.82) is 0 Å². The van der Waals surface area contributed by atoms with Crippen LogP contribution >= 0.6 is 15.9 Å². The molecule has 2 fully saturated rings. The Kier molecular flexibility index (Phi) is 1.66. The molecule has 0 aromatic rings. The fraction of sp³-hybridized carbons (Fsp3) is 0.700. The third-order valence-electron chi connectivity index (χ3n) is 3.71. The van der Waals surface area contributed by atoms with Gasteiger partial charge < -0.3 is 9.47 Å². The first-order valence-electron chi connectivity index (χ1n) is 4.80. The molecule has 1 saturated carbocycles. The van der Waals surface area contributed by atoms with Crippen LogP contribution in [0.3, 0.4) is 0 Å². The van der Waals surface area contributed by atoms with Crippen LogP contribution in [-0.2, 0) is 14.3 Å². The molecule has 2 aliphatic heterocycles. The number of hydrogen-bond acceptors (Lipinski definition) is 3. The molecular weight excluding hydrogens is 248 g/mol. The van der Waals surface area contributed by atoms with Gasteiger partial charge in [0.2, 0.25) is 0 Å². The number of methoxy groups -OCH3 is 1. The number of esters is 1. The van der Waals surface area contributed by atoms with Gasteiger partial charge in [-0.25, -0.2) is 4.79 Å². The van der Waals surface area contributed by atoms with E-state index < -0.39 is 0 Å². The largest absolute Gasteiger partial charge is 0.466 e. The van der Waals surface area contributed by atoms with E-state index >= 15 is 0 Å². The van der Waals surface area contributed by atoms with Gasteiger partial charge in [-0.15, -0.1) is 0 Å². The summed E-state index contributed by atoms with van der Waals surface area (Å²) in [6.45, 7) is 2.22. The Hall–Kier alpha value is -0.350. The third-order valence-corrected chi connectivity index (χ3v) is 4.59. The first kappa shape index (κ1) is 8.92. The van der Waals surface area contributed by atoms with Crippen molar-refractivity contribution >= 4 is 21.9 Å². The van der Waals surface area contributed by atoms with Crippen molar-refractivity contribution in [2.75, 3.05) is 7.11 Å². The van der Waals surface area contributed by atoms with Crippen molar-refractivity contribution in [2.45, 2.75) is 19.1 Å². The van der Waals surface area contributed by atoms with Gasteiger partial charge in [0.05, 0.1) is 24.9 Å². The Morgan fingerprint density at radius 1 is 1.43 bits per heavy atom. The molecule has 2 heterocycles. The fourth-order valence-electron chi connectivity index (χ4n) is 2.92. The lowest BCUT2D eigenvalue weighted by Crippen LogP contribution is -2.20. The van der Waals surface area contributed by atoms with Crippen molar-refractivity contribution in [2.24, 2.45) is 17.8 Å². The van der Waals surface area contributed by atoms with E-state index in [4.69, 9.17) is 9.47 Å². The summed E-state index contributed by atoms with van der Waals surface area (Å²) >= 11 is 3.45. The zero-order chi connectivity index (χ0) is 10.0. The highest BCUT2D eigenvalue weighted by atomic mass is 79.9. The molecule has 76 valence electrons. The molecular formula is C10H11BrO3. The van der Waals surface area contributed by atoms with Gasteiger partial charge in [-0.3, -0.25) is 0 Å². The van der Waals surface area contributed by atoms with Crippen molar-refractivity contribution in [3.05, 3.63) is 10.1 Å². The summed E-state index contributed by atoms with van der Waals surface area (Å²) in [6.07, 6.45) is 0.107. The molecule has 0 spiro atoms. The summed E-state index contributed by atoms with van der Waals surface area (Å²) in [7, 11) is 1.41. The third kappa shape index (κ3) is 0.841. The Balaban J connectivity index is 1.97. The number of ether oxygens (including phenoxy) is 2. The summed E-state index contributed by atoms with van der Waals surface area (Å²) in [6, 6.07) is 0. The molecule has 0 aromatic carbocycles. The van der Waals surface area contributed by atoms with Crippen LogP contribution in [0.5, 0.6) is 0 Å². The lowest BCUT2D eigenvalue weighted by Gasteiger charge is -2.10. The Morgan fingerprint density at radius 3 is 2.71 bits per heavy atom. The highest BCUT2D eigenvalue weighted by molar-refractivity contribution is 9.11. The summed E-state index contributed by atoms with van der Waals surface area (Å²) in [5, 5.41) is 0. The lowest BCUT2D eigenvalue weighted by molar-refractivity contribution is -0.137. The predicted octanol–water partition coefficient (Wildman–Crippen LogP) is 1.47. The molecule has 5 atom stereocenters. The molecule has 1 unspecified atom stereocenters. The summed E-state index contributed by atoms with van der Waals surface area (Å²) in [5.74, 6) is 1.62. The second-order valence-corrected chi connectivity index (χ2v) is 5.10. The van der Waals surface area contributed by atoms with E-state index in [0.717, 1.165) is 4.48 Å². The molecule has 0 radical (unpaired) electrons. The van der Waals surface area contributed by atoms with Crippen LogP contribution in [0.1, 0.15) is 6.92 Å². The Bertz CT molecular complexity index is 349. The molecule has 3 aliphatic rings. The minimum absolute atomic E-state index is 0.0122. The van der Waals surface area contributed by atoms with Gasteiger partial charge in [0.15, 0.2) is 0 Å². The summed E-state index contributed by atoms with van der Waals surface area (Å²) in [4.78, 5) is 11.5. The van der Waals surface area contributed by atoms with Crippen LogP contribution in [0.15, 0.2) is 10.1 Å². The quantitative estimate of drug-likeness (QED) is 0.669. The Morgan fingerprint density at radius 2 is 2.07 bits per heavy atom. The molecule has 3 nitrogen and oxygen atoms in total. The van der Waals surface area contributed by atoms with E-state index in [1.165, 1.54) is 7.11 Å². The second-order valence-electron chi connectivity index (χ2n) is 4.24. The van der Waals surface area contributed by atoms with Crippen molar-refractivity contribution in [1.82, 2.24) is 0 Å². The average molecular weight is 259 g/mol. The van der Waals surface area contributed by atoms with Gasteiger partial charge in [-0.1, -0.05) is 22.9 Å².